The second-order valence-corrected chi connectivity index (χ2v) is 5.49. The van der Waals surface area contributed by atoms with Gasteiger partial charge in [-0.3, -0.25) is 9.59 Å². The second kappa shape index (κ2) is 2.99. The lowest BCUT2D eigenvalue weighted by Gasteiger charge is -2.66. The van der Waals surface area contributed by atoms with Gasteiger partial charge < -0.3 is 9.47 Å². The Morgan fingerprint density at radius 2 is 1.94 bits per heavy atom. The number of ketones is 2. The van der Waals surface area contributed by atoms with Crippen molar-refractivity contribution in [3.05, 3.63) is 11.8 Å². The summed E-state index contributed by atoms with van der Waals surface area (Å²) in [6, 6.07) is 0. The lowest BCUT2D eigenvalue weighted by Crippen LogP contribution is -2.80. The van der Waals surface area contributed by atoms with Gasteiger partial charge in [0.2, 0.25) is 0 Å². The standard InChI is InChI=1S/C13H16O4/c1-7-6-9(15)11-10-8(14)4-5-16-12(10,2)13(11,3)17-7/h6,10-11H,4-5H2,1-3H3. The maximum Gasteiger partial charge on any atom is 0.167 e. The molecule has 2 fully saturated rings. The number of hydrogen-bond donors (Lipinski definition) is 0. The first-order chi connectivity index (χ1) is 7.90. The SMILES string of the molecule is CC1=CC(=O)C2C3C(=O)CCOC3(C)C2(C)O1. The van der Waals surface area contributed by atoms with Crippen molar-refractivity contribution in [2.45, 2.75) is 38.4 Å². The van der Waals surface area contributed by atoms with Crippen molar-refractivity contribution in [3.63, 3.8) is 0 Å². The second-order valence-electron chi connectivity index (χ2n) is 5.49. The minimum atomic E-state index is -0.691. The number of rotatable bonds is 0. The predicted octanol–water partition coefficient (Wildman–Crippen LogP) is 1.24. The predicted molar refractivity (Wildman–Crippen MR) is 59.2 cm³/mol. The molecule has 1 saturated carbocycles. The van der Waals surface area contributed by atoms with Crippen LogP contribution in [-0.4, -0.2) is 29.4 Å². The summed E-state index contributed by atoms with van der Waals surface area (Å²) in [6.07, 6.45) is 1.90. The molecule has 92 valence electrons. The van der Waals surface area contributed by atoms with Crippen molar-refractivity contribution in [1.29, 1.82) is 0 Å². The molecule has 0 aromatic carbocycles. The zero-order valence-electron chi connectivity index (χ0n) is 10.3. The van der Waals surface area contributed by atoms with E-state index < -0.39 is 11.2 Å². The maximum atomic E-state index is 12.0. The lowest BCUT2D eigenvalue weighted by atomic mass is 9.47. The maximum absolute atomic E-state index is 12.0. The molecule has 0 aromatic rings. The van der Waals surface area contributed by atoms with Gasteiger partial charge in [0.15, 0.2) is 5.78 Å². The number of ether oxygens (including phenoxy) is 2. The molecular formula is C13H16O4. The third kappa shape index (κ3) is 1.07. The van der Waals surface area contributed by atoms with E-state index in [0.29, 0.717) is 18.8 Å². The molecule has 0 bridgehead atoms. The van der Waals surface area contributed by atoms with Crippen LogP contribution in [0, 0.1) is 11.8 Å². The van der Waals surface area contributed by atoms with Crippen LogP contribution in [0.5, 0.6) is 0 Å². The van der Waals surface area contributed by atoms with Gasteiger partial charge in [0, 0.05) is 12.5 Å². The van der Waals surface area contributed by atoms with Crippen LogP contribution < -0.4 is 0 Å². The Labute approximate surface area is 100.0 Å². The van der Waals surface area contributed by atoms with E-state index in [1.165, 1.54) is 6.08 Å². The summed E-state index contributed by atoms with van der Waals surface area (Å²) in [4.78, 5) is 24.0. The number of Topliss-reactive ketones (excluding diaryl/α,β-unsaturated/α-hetero) is 1. The van der Waals surface area contributed by atoms with Crippen LogP contribution >= 0.6 is 0 Å². The van der Waals surface area contributed by atoms with Crippen molar-refractivity contribution in [3.8, 4) is 0 Å². The molecule has 0 aromatic heterocycles. The highest BCUT2D eigenvalue weighted by Gasteiger charge is 2.76. The number of hydrogen-bond acceptors (Lipinski definition) is 4. The zero-order valence-corrected chi connectivity index (χ0v) is 10.3. The summed E-state index contributed by atoms with van der Waals surface area (Å²) >= 11 is 0. The Bertz CT molecular complexity index is 452. The van der Waals surface area contributed by atoms with E-state index in [0.717, 1.165) is 0 Å². The molecule has 2 heterocycles. The van der Waals surface area contributed by atoms with Gasteiger partial charge in [-0.2, -0.15) is 0 Å². The van der Waals surface area contributed by atoms with Gasteiger partial charge in [-0.05, 0) is 20.8 Å². The molecule has 0 amide bonds. The van der Waals surface area contributed by atoms with E-state index in [1.807, 2.05) is 13.8 Å². The molecule has 0 radical (unpaired) electrons. The molecule has 4 unspecified atom stereocenters. The molecule has 3 aliphatic rings. The Balaban J connectivity index is 2.08. The Hall–Kier alpha value is -1.16. The fourth-order valence-corrected chi connectivity index (χ4v) is 3.66. The van der Waals surface area contributed by atoms with Gasteiger partial charge >= 0.3 is 0 Å². The summed E-state index contributed by atoms with van der Waals surface area (Å²) in [5, 5.41) is 0. The number of fused-ring (bicyclic) bond motifs is 4. The smallest absolute Gasteiger partial charge is 0.167 e. The summed E-state index contributed by atoms with van der Waals surface area (Å²) in [6.45, 7) is 5.95. The van der Waals surface area contributed by atoms with Gasteiger partial charge in [0.25, 0.3) is 0 Å². The minimum absolute atomic E-state index is 0.00225. The summed E-state index contributed by atoms with van der Waals surface area (Å²) in [5.74, 6) is 0.0286. The van der Waals surface area contributed by atoms with Gasteiger partial charge in [-0.25, -0.2) is 0 Å². The van der Waals surface area contributed by atoms with Crippen molar-refractivity contribution in [2.75, 3.05) is 6.61 Å². The first-order valence-corrected chi connectivity index (χ1v) is 5.98. The molecule has 0 N–H and O–H groups in total. The van der Waals surface area contributed by atoms with Crippen LogP contribution in [0.2, 0.25) is 0 Å². The molecule has 2 aliphatic heterocycles. The molecule has 0 spiro atoms. The van der Waals surface area contributed by atoms with E-state index in [-0.39, 0.29) is 23.4 Å². The lowest BCUT2D eigenvalue weighted by molar-refractivity contribution is -0.306. The monoisotopic (exact) mass is 236 g/mol. The first-order valence-electron chi connectivity index (χ1n) is 5.98. The summed E-state index contributed by atoms with van der Waals surface area (Å²) < 4.78 is 11.6. The highest BCUT2D eigenvalue weighted by atomic mass is 16.6. The summed E-state index contributed by atoms with van der Waals surface area (Å²) in [7, 11) is 0. The van der Waals surface area contributed by atoms with Crippen molar-refractivity contribution < 1.29 is 19.1 Å². The van der Waals surface area contributed by atoms with E-state index in [9.17, 15) is 9.59 Å². The number of carbonyl (C=O) groups is 2. The topological polar surface area (TPSA) is 52.6 Å². The first kappa shape index (κ1) is 11.0. The highest BCUT2D eigenvalue weighted by Crippen LogP contribution is 2.61. The molecule has 4 nitrogen and oxygen atoms in total. The van der Waals surface area contributed by atoms with Gasteiger partial charge in [-0.1, -0.05) is 0 Å². The van der Waals surface area contributed by atoms with Gasteiger partial charge in [-0.15, -0.1) is 0 Å². The number of carbonyl (C=O) groups excluding carboxylic acids is 2. The molecular weight excluding hydrogens is 220 g/mol. The van der Waals surface area contributed by atoms with Crippen LogP contribution in [0.15, 0.2) is 11.8 Å². The Morgan fingerprint density at radius 1 is 1.24 bits per heavy atom. The largest absolute Gasteiger partial charge is 0.488 e. The minimum Gasteiger partial charge on any atom is -0.488 e. The average Bonchev–Trinajstić information content (AvgIpc) is 2.21. The normalized spacial score (nSPS) is 48.5. The van der Waals surface area contributed by atoms with Crippen molar-refractivity contribution >= 4 is 11.6 Å². The third-order valence-corrected chi connectivity index (χ3v) is 4.63. The van der Waals surface area contributed by atoms with E-state index in [2.05, 4.69) is 0 Å². The summed E-state index contributed by atoms with van der Waals surface area (Å²) in [5.41, 5.74) is -1.35. The zero-order chi connectivity index (χ0) is 12.4. The molecule has 1 aliphatic carbocycles. The Kier molecular flexibility index (Phi) is 1.93. The van der Waals surface area contributed by atoms with E-state index >= 15 is 0 Å². The van der Waals surface area contributed by atoms with Crippen molar-refractivity contribution in [2.24, 2.45) is 11.8 Å². The van der Waals surface area contributed by atoms with Crippen molar-refractivity contribution in [1.82, 2.24) is 0 Å². The van der Waals surface area contributed by atoms with Gasteiger partial charge in [0.05, 0.1) is 24.2 Å². The third-order valence-electron chi connectivity index (χ3n) is 4.63. The van der Waals surface area contributed by atoms with Crippen LogP contribution in [0.25, 0.3) is 0 Å². The molecule has 4 heteroatoms. The Morgan fingerprint density at radius 3 is 2.65 bits per heavy atom. The molecule has 17 heavy (non-hydrogen) atoms. The fourth-order valence-electron chi connectivity index (χ4n) is 3.66. The molecule has 1 saturated heterocycles. The van der Waals surface area contributed by atoms with Crippen LogP contribution in [0.4, 0.5) is 0 Å². The van der Waals surface area contributed by atoms with Crippen LogP contribution in [0.3, 0.4) is 0 Å². The fraction of sp³-hybridized carbons (Fsp3) is 0.692. The number of allylic oxidation sites excluding steroid dienone is 2. The van der Waals surface area contributed by atoms with E-state index in [1.54, 1.807) is 6.92 Å². The van der Waals surface area contributed by atoms with Crippen LogP contribution in [0.1, 0.15) is 27.2 Å². The van der Waals surface area contributed by atoms with Crippen LogP contribution in [-0.2, 0) is 19.1 Å². The molecule has 4 atom stereocenters. The average molecular weight is 236 g/mol. The molecule has 3 rings (SSSR count). The highest BCUT2D eigenvalue weighted by molar-refractivity contribution is 6.01. The quantitative estimate of drug-likeness (QED) is 0.635. The van der Waals surface area contributed by atoms with E-state index in [4.69, 9.17) is 9.47 Å². The van der Waals surface area contributed by atoms with Gasteiger partial charge in [0.1, 0.15) is 17.0 Å².